The summed E-state index contributed by atoms with van der Waals surface area (Å²) >= 11 is 0. The number of anilines is 1. The van der Waals surface area contributed by atoms with E-state index < -0.39 is 34.1 Å². The van der Waals surface area contributed by atoms with Crippen molar-refractivity contribution >= 4 is 22.4 Å². The van der Waals surface area contributed by atoms with Crippen LogP contribution in [-0.4, -0.2) is 19.9 Å². The van der Waals surface area contributed by atoms with E-state index in [-0.39, 0.29) is 5.75 Å². The van der Waals surface area contributed by atoms with Crippen LogP contribution < -0.4 is 5.32 Å². The number of rotatable bonds is 5. The standard InChI is InChI=1S/C19H16F3N3O2S/c1-25-11-16(17(24-25)19(20,21)22)18(26)23-14-7-5-6-13(10-14)12-28(27)15-8-3-2-4-9-15/h2-11H,12H2,1H3,(H,23,26). The lowest BCUT2D eigenvalue weighted by molar-refractivity contribution is -0.141. The highest BCUT2D eigenvalue weighted by molar-refractivity contribution is 7.84. The maximum Gasteiger partial charge on any atom is 0.435 e. The van der Waals surface area contributed by atoms with Crippen LogP contribution in [0.4, 0.5) is 18.9 Å². The van der Waals surface area contributed by atoms with Crippen LogP contribution >= 0.6 is 0 Å². The van der Waals surface area contributed by atoms with Crippen molar-refractivity contribution in [3.63, 3.8) is 0 Å². The van der Waals surface area contributed by atoms with E-state index in [2.05, 4.69) is 10.4 Å². The quantitative estimate of drug-likeness (QED) is 0.695. The molecule has 3 aromatic rings. The fourth-order valence-corrected chi connectivity index (χ4v) is 3.72. The van der Waals surface area contributed by atoms with Crippen LogP contribution in [0.1, 0.15) is 21.6 Å². The number of alkyl halides is 3. The molecular formula is C19H16F3N3O2S. The van der Waals surface area contributed by atoms with Crippen LogP contribution in [0, 0.1) is 0 Å². The van der Waals surface area contributed by atoms with Crippen molar-refractivity contribution in [1.29, 1.82) is 0 Å². The fourth-order valence-electron chi connectivity index (χ4n) is 2.61. The summed E-state index contributed by atoms with van der Waals surface area (Å²) < 4.78 is 52.5. The first kappa shape index (κ1) is 19.8. The van der Waals surface area contributed by atoms with E-state index in [0.717, 1.165) is 10.9 Å². The number of nitrogens with zero attached hydrogens (tertiary/aromatic N) is 2. The van der Waals surface area contributed by atoms with E-state index in [0.29, 0.717) is 16.1 Å². The molecule has 0 aliphatic rings. The molecule has 0 aliphatic heterocycles. The third kappa shape index (κ3) is 4.66. The first-order valence-corrected chi connectivity index (χ1v) is 9.50. The van der Waals surface area contributed by atoms with E-state index in [4.69, 9.17) is 0 Å². The molecule has 0 aliphatic carbocycles. The number of nitrogens with one attached hydrogen (secondary N) is 1. The van der Waals surface area contributed by atoms with Crippen molar-refractivity contribution in [3.8, 4) is 0 Å². The Morgan fingerprint density at radius 3 is 2.54 bits per heavy atom. The van der Waals surface area contributed by atoms with Gasteiger partial charge in [0.15, 0.2) is 5.69 Å². The van der Waals surface area contributed by atoms with Gasteiger partial charge in [0.05, 0.1) is 22.1 Å². The van der Waals surface area contributed by atoms with Crippen LogP contribution in [-0.2, 0) is 29.8 Å². The van der Waals surface area contributed by atoms with Crippen molar-refractivity contribution in [3.05, 3.63) is 77.6 Å². The summed E-state index contributed by atoms with van der Waals surface area (Å²) in [6.45, 7) is 0. The molecule has 1 unspecified atom stereocenters. The highest BCUT2D eigenvalue weighted by Gasteiger charge is 2.39. The lowest BCUT2D eigenvalue weighted by Crippen LogP contribution is -2.17. The fraction of sp³-hybridized carbons (Fsp3) is 0.158. The molecule has 146 valence electrons. The molecule has 0 bridgehead atoms. The van der Waals surface area contributed by atoms with E-state index in [9.17, 15) is 22.2 Å². The zero-order valence-corrected chi connectivity index (χ0v) is 15.6. The summed E-state index contributed by atoms with van der Waals surface area (Å²) in [5, 5.41) is 5.77. The van der Waals surface area contributed by atoms with Crippen molar-refractivity contribution in [2.24, 2.45) is 7.05 Å². The largest absolute Gasteiger partial charge is 0.435 e. The number of aryl methyl sites for hydroxylation is 1. The number of carbonyl (C=O) groups excluding carboxylic acids is 1. The Morgan fingerprint density at radius 1 is 1.14 bits per heavy atom. The molecule has 1 amide bonds. The highest BCUT2D eigenvalue weighted by atomic mass is 32.2. The van der Waals surface area contributed by atoms with Crippen molar-refractivity contribution in [2.75, 3.05) is 5.32 Å². The molecular weight excluding hydrogens is 391 g/mol. The van der Waals surface area contributed by atoms with Gasteiger partial charge in [0.1, 0.15) is 0 Å². The minimum absolute atomic E-state index is 0.217. The first-order chi connectivity index (χ1) is 13.2. The van der Waals surface area contributed by atoms with Crippen molar-refractivity contribution in [1.82, 2.24) is 9.78 Å². The second kappa shape index (κ2) is 7.97. The van der Waals surface area contributed by atoms with Crippen LogP contribution in [0.15, 0.2) is 65.7 Å². The Labute approximate surface area is 161 Å². The molecule has 0 saturated heterocycles. The van der Waals surface area contributed by atoms with E-state index in [1.54, 1.807) is 48.5 Å². The summed E-state index contributed by atoms with van der Waals surface area (Å²) in [5.74, 6) is -0.698. The average Bonchev–Trinajstić information content (AvgIpc) is 3.05. The molecule has 5 nitrogen and oxygen atoms in total. The van der Waals surface area contributed by atoms with E-state index in [1.807, 2.05) is 6.07 Å². The van der Waals surface area contributed by atoms with E-state index >= 15 is 0 Å². The smallest absolute Gasteiger partial charge is 0.322 e. The van der Waals surface area contributed by atoms with Crippen molar-refractivity contribution in [2.45, 2.75) is 16.8 Å². The Bertz CT molecular complexity index is 1020. The van der Waals surface area contributed by atoms with Gasteiger partial charge in [-0.2, -0.15) is 18.3 Å². The van der Waals surface area contributed by atoms with Gasteiger partial charge in [-0.25, -0.2) is 0 Å². The van der Waals surface area contributed by atoms with Crippen LogP contribution in [0.5, 0.6) is 0 Å². The molecule has 1 heterocycles. The van der Waals surface area contributed by atoms with Gasteiger partial charge in [-0.15, -0.1) is 0 Å². The number of hydrogen-bond donors (Lipinski definition) is 1. The number of hydrogen-bond acceptors (Lipinski definition) is 3. The zero-order valence-electron chi connectivity index (χ0n) is 14.7. The third-order valence-corrected chi connectivity index (χ3v) is 5.22. The molecule has 0 radical (unpaired) electrons. The Balaban J connectivity index is 1.77. The first-order valence-electron chi connectivity index (χ1n) is 8.18. The SMILES string of the molecule is Cn1cc(C(=O)Nc2cccc(CS(=O)c3ccccc3)c2)c(C(F)(F)F)n1. The molecule has 3 rings (SSSR count). The summed E-state index contributed by atoms with van der Waals surface area (Å²) in [5.41, 5.74) is -0.811. The van der Waals surface area contributed by atoms with E-state index in [1.165, 1.54) is 7.05 Å². The molecule has 1 atom stereocenters. The Morgan fingerprint density at radius 2 is 1.86 bits per heavy atom. The maximum atomic E-state index is 13.0. The third-order valence-electron chi connectivity index (χ3n) is 3.83. The van der Waals surface area contributed by atoms with Crippen LogP contribution in [0.2, 0.25) is 0 Å². The molecule has 0 fully saturated rings. The molecule has 1 aromatic heterocycles. The van der Waals surface area contributed by atoms with Crippen LogP contribution in [0.3, 0.4) is 0 Å². The highest BCUT2D eigenvalue weighted by Crippen LogP contribution is 2.31. The van der Waals surface area contributed by atoms with Gasteiger partial charge in [-0.3, -0.25) is 13.7 Å². The summed E-state index contributed by atoms with van der Waals surface area (Å²) in [6, 6.07) is 15.4. The van der Waals surface area contributed by atoms with Gasteiger partial charge in [-0.1, -0.05) is 30.3 Å². The molecule has 1 N–H and O–H groups in total. The van der Waals surface area contributed by atoms with Crippen LogP contribution in [0.25, 0.3) is 0 Å². The number of carbonyl (C=O) groups is 1. The molecule has 2 aromatic carbocycles. The minimum atomic E-state index is -4.73. The number of halogens is 3. The lowest BCUT2D eigenvalue weighted by Gasteiger charge is -2.09. The molecule has 9 heteroatoms. The predicted octanol–water partition coefficient (Wildman–Crippen LogP) is 4.00. The monoisotopic (exact) mass is 407 g/mol. The summed E-state index contributed by atoms with van der Waals surface area (Å²) in [7, 11) is 0.0328. The topological polar surface area (TPSA) is 64.0 Å². The maximum absolute atomic E-state index is 13.0. The molecule has 0 saturated carbocycles. The predicted molar refractivity (Wildman–Crippen MR) is 99.2 cm³/mol. The second-order valence-corrected chi connectivity index (χ2v) is 7.47. The lowest BCUT2D eigenvalue weighted by atomic mass is 10.2. The van der Waals surface area contributed by atoms with Gasteiger partial charge in [0.2, 0.25) is 0 Å². The Hall–Kier alpha value is -2.94. The van der Waals surface area contributed by atoms with Crippen molar-refractivity contribution < 1.29 is 22.2 Å². The average molecular weight is 407 g/mol. The summed E-state index contributed by atoms with van der Waals surface area (Å²) in [4.78, 5) is 13.0. The van der Waals surface area contributed by atoms with Gasteiger partial charge >= 0.3 is 6.18 Å². The zero-order chi connectivity index (χ0) is 20.3. The molecule has 0 spiro atoms. The number of benzene rings is 2. The Kier molecular flexibility index (Phi) is 5.64. The summed E-state index contributed by atoms with van der Waals surface area (Å²) in [6.07, 6.45) is -3.71. The van der Waals surface area contributed by atoms with Gasteiger partial charge in [-0.05, 0) is 29.8 Å². The normalized spacial score (nSPS) is 12.6. The van der Waals surface area contributed by atoms with Gasteiger partial charge in [0.25, 0.3) is 5.91 Å². The number of aromatic nitrogens is 2. The second-order valence-electron chi connectivity index (χ2n) is 6.02. The van der Waals surface area contributed by atoms with Gasteiger partial charge in [0, 0.05) is 23.8 Å². The molecule has 28 heavy (non-hydrogen) atoms. The minimum Gasteiger partial charge on any atom is -0.322 e. The van der Waals surface area contributed by atoms with Gasteiger partial charge < -0.3 is 5.32 Å². The number of amides is 1.